The normalized spacial score (nSPS) is 26.6. The molecule has 2 saturated heterocycles. The van der Waals surface area contributed by atoms with Gasteiger partial charge in [-0.3, -0.25) is 4.79 Å². The Morgan fingerprint density at radius 3 is 1.44 bits per heavy atom. The van der Waals surface area contributed by atoms with E-state index in [0.29, 0.717) is 12.8 Å². The van der Waals surface area contributed by atoms with Crippen molar-refractivity contribution in [2.24, 2.45) is 0 Å². The van der Waals surface area contributed by atoms with E-state index in [2.05, 4.69) is 43.5 Å². The molecule has 12 atom stereocenters. The van der Waals surface area contributed by atoms with Crippen LogP contribution in [0.15, 0.2) is 36.5 Å². The molecule has 2 aliphatic heterocycles. The van der Waals surface area contributed by atoms with Crippen LogP contribution in [0.5, 0.6) is 0 Å². The first-order valence-electron chi connectivity index (χ1n) is 27.2. The highest BCUT2D eigenvalue weighted by atomic mass is 16.7. The molecule has 68 heavy (non-hydrogen) atoms. The van der Waals surface area contributed by atoms with Gasteiger partial charge >= 0.3 is 0 Å². The first-order valence-corrected chi connectivity index (χ1v) is 27.2. The fourth-order valence-electron chi connectivity index (χ4n) is 8.85. The lowest BCUT2D eigenvalue weighted by molar-refractivity contribution is -0.359. The van der Waals surface area contributed by atoms with Crippen LogP contribution in [0.25, 0.3) is 0 Å². The van der Waals surface area contributed by atoms with E-state index in [-0.39, 0.29) is 18.9 Å². The van der Waals surface area contributed by atoms with Crippen molar-refractivity contribution in [3.8, 4) is 0 Å². The molecule has 0 radical (unpaired) electrons. The molecule has 2 rings (SSSR count). The predicted molar refractivity (Wildman–Crippen MR) is 268 cm³/mol. The van der Waals surface area contributed by atoms with Gasteiger partial charge in [0.25, 0.3) is 0 Å². The number of nitrogens with one attached hydrogen (secondary N) is 1. The lowest BCUT2D eigenvalue weighted by Crippen LogP contribution is -2.65. The summed E-state index contributed by atoms with van der Waals surface area (Å²) < 4.78 is 22.7. The Hall–Kier alpha value is -1.79. The van der Waals surface area contributed by atoms with Gasteiger partial charge in [0, 0.05) is 6.42 Å². The van der Waals surface area contributed by atoms with Crippen LogP contribution in [0.3, 0.4) is 0 Å². The Labute approximate surface area is 411 Å². The van der Waals surface area contributed by atoms with E-state index >= 15 is 0 Å². The molecule has 14 heteroatoms. The number of allylic oxidation sites excluding steroid dienone is 5. The number of carbonyl (C=O) groups is 1. The van der Waals surface area contributed by atoms with Crippen LogP contribution >= 0.6 is 0 Å². The molecule has 9 N–H and O–H groups in total. The second kappa shape index (κ2) is 40.8. The lowest BCUT2D eigenvalue weighted by atomic mass is 9.97. The third-order valence-electron chi connectivity index (χ3n) is 13.3. The molecule has 12 unspecified atom stereocenters. The number of hydrogen-bond donors (Lipinski definition) is 9. The first kappa shape index (κ1) is 62.3. The molecule has 2 aliphatic rings. The van der Waals surface area contributed by atoms with E-state index in [1.165, 1.54) is 128 Å². The van der Waals surface area contributed by atoms with Crippen molar-refractivity contribution in [1.82, 2.24) is 5.32 Å². The fourth-order valence-corrected chi connectivity index (χ4v) is 8.85. The van der Waals surface area contributed by atoms with Gasteiger partial charge in [-0.1, -0.05) is 192 Å². The van der Waals surface area contributed by atoms with Crippen LogP contribution in [0.1, 0.15) is 206 Å². The fraction of sp³-hybridized carbons (Fsp3) is 0.870. The zero-order chi connectivity index (χ0) is 49.6. The molecule has 0 saturated carbocycles. The van der Waals surface area contributed by atoms with Crippen molar-refractivity contribution in [3.63, 3.8) is 0 Å². The number of unbranched alkanes of at least 4 members (excludes halogenated alkanes) is 25. The Morgan fingerprint density at radius 1 is 0.515 bits per heavy atom. The zero-order valence-electron chi connectivity index (χ0n) is 42.3. The van der Waals surface area contributed by atoms with Crippen LogP contribution in [0.2, 0.25) is 0 Å². The third kappa shape index (κ3) is 27.1. The van der Waals surface area contributed by atoms with Crippen molar-refractivity contribution in [3.05, 3.63) is 36.5 Å². The summed E-state index contributed by atoms with van der Waals surface area (Å²) in [6.45, 7) is 2.76. The minimum absolute atomic E-state index is 0.252. The molecular weight excluding hydrogens is 871 g/mol. The first-order chi connectivity index (χ1) is 33.1. The maximum Gasteiger partial charge on any atom is 0.220 e. The van der Waals surface area contributed by atoms with Gasteiger partial charge in [-0.2, -0.15) is 0 Å². The van der Waals surface area contributed by atoms with Crippen LogP contribution in [-0.2, 0) is 23.7 Å². The van der Waals surface area contributed by atoms with Gasteiger partial charge in [-0.05, 0) is 44.9 Å². The van der Waals surface area contributed by atoms with Crippen LogP contribution < -0.4 is 5.32 Å². The van der Waals surface area contributed by atoms with Gasteiger partial charge in [-0.25, -0.2) is 0 Å². The summed E-state index contributed by atoms with van der Waals surface area (Å²) in [5.41, 5.74) is 0. The largest absolute Gasteiger partial charge is 0.394 e. The number of carbonyl (C=O) groups excluding carboxylic acids is 1. The maximum absolute atomic E-state index is 13.2. The smallest absolute Gasteiger partial charge is 0.220 e. The van der Waals surface area contributed by atoms with Gasteiger partial charge < -0.3 is 65.1 Å². The van der Waals surface area contributed by atoms with Crippen molar-refractivity contribution in [2.45, 2.75) is 280 Å². The van der Waals surface area contributed by atoms with Crippen LogP contribution in [0.4, 0.5) is 0 Å². The van der Waals surface area contributed by atoms with E-state index in [9.17, 15) is 45.6 Å². The Morgan fingerprint density at radius 2 is 0.941 bits per heavy atom. The Balaban J connectivity index is 1.84. The highest BCUT2D eigenvalue weighted by molar-refractivity contribution is 5.76. The van der Waals surface area contributed by atoms with E-state index < -0.39 is 86.8 Å². The highest BCUT2D eigenvalue weighted by Crippen LogP contribution is 2.30. The molecule has 398 valence electrons. The van der Waals surface area contributed by atoms with E-state index in [1.807, 2.05) is 6.08 Å². The molecule has 2 fully saturated rings. The van der Waals surface area contributed by atoms with Gasteiger partial charge in [0.2, 0.25) is 5.91 Å². The summed E-state index contributed by atoms with van der Waals surface area (Å²) >= 11 is 0. The van der Waals surface area contributed by atoms with Crippen molar-refractivity contribution >= 4 is 5.91 Å². The van der Waals surface area contributed by atoms with Gasteiger partial charge in [0.15, 0.2) is 12.6 Å². The number of aliphatic hydroxyl groups is 8. The summed E-state index contributed by atoms with van der Waals surface area (Å²) in [4.78, 5) is 13.2. The quantitative estimate of drug-likeness (QED) is 0.0210. The van der Waals surface area contributed by atoms with E-state index in [1.54, 1.807) is 6.08 Å². The monoisotopic (exact) mass is 970 g/mol. The SMILES string of the molecule is CCCCCCCC/C=C/CC/C=C/CC/C=C/C(O)C(COC1OC(CO)C(OC2OC(CO)C(O)C(O)C2O)C(O)C1O)NC(=O)CCCCCCCCCCCCCCCCCCCC. The van der Waals surface area contributed by atoms with E-state index in [4.69, 9.17) is 18.9 Å². The zero-order valence-corrected chi connectivity index (χ0v) is 42.3. The molecule has 2 heterocycles. The molecule has 0 aromatic rings. The standard InChI is InChI=1S/C54H99NO13/c1-3-5-7-9-11-13-15-17-19-21-22-24-26-28-30-32-34-36-38-46(59)55-42(43(58)37-35-33-31-29-27-25-23-20-18-16-14-12-10-8-6-4-2)41-65-53-51(64)49(62)52(45(40-57)67-53)68-54-50(63)48(61)47(60)44(39-56)66-54/h18,20,27,29,35,37,42-45,47-54,56-58,60-64H,3-17,19,21-26,28,30-34,36,38-41H2,1-2H3,(H,55,59)/b20-18+,29-27+,37-35+. The summed E-state index contributed by atoms with van der Waals surface area (Å²) in [6.07, 6.45) is 30.4. The number of aliphatic hydroxyl groups excluding tert-OH is 8. The van der Waals surface area contributed by atoms with Gasteiger partial charge in [0.05, 0.1) is 32.0 Å². The summed E-state index contributed by atoms with van der Waals surface area (Å²) in [5, 5.41) is 86.8. The average molecular weight is 970 g/mol. The Kier molecular flexibility index (Phi) is 37.4. The molecule has 0 bridgehead atoms. The van der Waals surface area contributed by atoms with Crippen LogP contribution in [-0.4, -0.2) is 140 Å². The summed E-state index contributed by atoms with van der Waals surface area (Å²) in [5.74, 6) is -0.252. The molecule has 0 spiro atoms. The predicted octanol–water partition coefficient (Wildman–Crippen LogP) is 7.88. The molecule has 1 amide bonds. The molecule has 0 aliphatic carbocycles. The number of rotatable bonds is 42. The molecular formula is C54H99NO13. The van der Waals surface area contributed by atoms with Crippen molar-refractivity contribution < 1.29 is 64.6 Å². The lowest BCUT2D eigenvalue weighted by Gasteiger charge is -2.46. The van der Waals surface area contributed by atoms with Gasteiger partial charge in [-0.15, -0.1) is 0 Å². The second-order valence-corrected chi connectivity index (χ2v) is 19.3. The molecule has 0 aromatic carbocycles. The summed E-state index contributed by atoms with van der Waals surface area (Å²) in [6, 6.07) is -0.934. The molecule has 0 aromatic heterocycles. The number of hydrogen-bond acceptors (Lipinski definition) is 13. The van der Waals surface area contributed by atoms with E-state index in [0.717, 1.165) is 44.9 Å². The third-order valence-corrected chi connectivity index (χ3v) is 13.3. The summed E-state index contributed by atoms with van der Waals surface area (Å²) in [7, 11) is 0. The topological polar surface area (TPSA) is 228 Å². The second-order valence-electron chi connectivity index (χ2n) is 19.3. The minimum atomic E-state index is -1.79. The minimum Gasteiger partial charge on any atom is -0.394 e. The highest BCUT2D eigenvalue weighted by Gasteiger charge is 2.51. The average Bonchev–Trinajstić information content (AvgIpc) is 3.34. The number of amides is 1. The number of ether oxygens (including phenoxy) is 4. The maximum atomic E-state index is 13.2. The van der Waals surface area contributed by atoms with Crippen LogP contribution in [0, 0.1) is 0 Å². The Bertz CT molecular complexity index is 1280. The van der Waals surface area contributed by atoms with Crippen molar-refractivity contribution in [2.75, 3.05) is 19.8 Å². The van der Waals surface area contributed by atoms with Gasteiger partial charge in [0.1, 0.15) is 48.8 Å². The molecule has 14 nitrogen and oxygen atoms in total. The van der Waals surface area contributed by atoms with Crippen molar-refractivity contribution in [1.29, 1.82) is 0 Å².